The predicted molar refractivity (Wildman–Crippen MR) is 91.2 cm³/mol. The summed E-state index contributed by atoms with van der Waals surface area (Å²) in [6.07, 6.45) is 0.351. The second-order valence-electron chi connectivity index (χ2n) is 7.07. The van der Waals surface area contributed by atoms with Gasteiger partial charge in [-0.3, -0.25) is 9.69 Å². The molecule has 2 rings (SSSR count). The number of rotatable bonds is 3. The van der Waals surface area contributed by atoms with Crippen molar-refractivity contribution in [1.29, 1.82) is 0 Å². The van der Waals surface area contributed by atoms with Crippen LogP contribution in [0.25, 0.3) is 0 Å². The molecule has 138 valence electrons. The number of halogens is 2. The third-order valence-corrected chi connectivity index (χ3v) is 4.27. The molecular weight excluding hydrogens is 351 g/mol. The first kappa shape index (κ1) is 19.3. The van der Waals surface area contributed by atoms with Crippen molar-refractivity contribution in [3.63, 3.8) is 0 Å². The van der Waals surface area contributed by atoms with E-state index >= 15 is 0 Å². The molecule has 1 atom stereocenters. The largest absolute Gasteiger partial charge is 0.505 e. The number of hydrogen-bond acceptors (Lipinski definition) is 4. The maximum Gasteiger partial charge on any atom is 0.410 e. The molecule has 8 heteroatoms. The van der Waals surface area contributed by atoms with E-state index in [2.05, 4.69) is 0 Å². The summed E-state index contributed by atoms with van der Waals surface area (Å²) in [6, 6.07) is 0.293. The summed E-state index contributed by atoms with van der Waals surface area (Å²) in [6.45, 7) is 5.57. The van der Waals surface area contributed by atoms with E-state index < -0.39 is 29.3 Å². The Hall–Kier alpha value is -2.02. The molecule has 0 aromatic heterocycles. The molecule has 0 aliphatic carbocycles. The molecule has 0 fully saturated rings. The Labute approximate surface area is 151 Å². The molecule has 2 amide bonds. The van der Waals surface area contributed by atoms with Gasteiger partial charge in [-0.05, 0) is 38.8 Å². The van der Waals surface area contributed by atoms with Crippen molar-refractivity contribution < 1.29 is 23.8 Å². The van der Waals surface area contributed by atoms with Crippen LogP contribution >= 0.6 is 11.6 Å². The molecular formula is C17H22ClFN2O4. The van der Waals surface area contributed by atoms with Gasteiger partial charge in [0.25, 0.3) is 0 Å². The first-order valence-electron chi connectivity index (χ1n) is 7.90. The van der Waals surface area contributed by atoms with Crippen LogP contribution in [0.1, 0.15) is 37.9 Å². The van der Waals surface area contributed by atoms with Gasteiger partial charge in [0.05, 0.1) is 6.04 Å². The predicted octanol–water partition coefficient (Wildman–Crippen LogP) is 3.11. The molecule has 1 aliphatic heterocycles. The van der Waals surface area contributed by atoms with Gasteiger partial charge in [-0.2, -0.15) is 0 Å². The molecule has 0 saturated carbocycles. The van der Waals surface area contributed by atoms with Crippen molar-refractivity contribution in [2.45, 2.75) is 38.8 Å². The van der Waals surface area contributed by atoms with E-state index in [9.17, 15) is 19.1 Å². The summed E-state index contributed by atoms with van der Waals surface area (Å²) in [5.41, 5.74) is 0.0839. The van der Waals surface area contributed by atoms with Crippen molar-refractivity contribution in [3.05, 3.63) is 28.0 Å². The molecule has 1 aromatic rings. The van der Waals surface area contributed by atoms with Crippen LogP contribution in [0.2, 0.25) is 5.02 Å². The molecule has 25 heavy (non-hydrogen) atoms. The van der Waals surface area contributed by atoms with Crippen molar-refractivity contribution in [1.82, 2.24) is 9.80 Å². The smallest absolute Gasteiger partial charge is 0.410 e. The van der Waals surface area contributed by atoms with Crippen molar-refractivity contribution in [2.75, 3.05) is 20.1 Å². The van der Waals surface area contributed by atoms with E-state index in [1.54, 1.807) is 20.8 Å². The van der Waals surface area contributed by atoms with Gasteiger partial charge in [-0.1, -0.05) is 11.6 Å². The highest BCUT2D eigenvalue weighted by atomic mass is 35.5. The maximum atomic E-state index is 14.0. The summed E-state index contributed by atoms with van der Waals surface area (Å²) in [4.78, 5) is 26.3. The number of benzene rings is 1. The molecule has 1 aliphatic rings. The quantitative estimate of drug-likeness (QED) is 0.828. The summed E-state index contributed by atoms with van der Waals surface area (Å²) in [5, 5.41) is 10.4. The molecule has 0 radical (unpaired) electrons. The number of aromatic hydroxyl groups is 1. The van der Waals surface area contributed by atoms with Gasteiger partial charge in [0, 0.05) is 30.7 Å². The normalized spacial score (nSPS) is 17.0. The Bertz CT molecular complexity index is 690. The first-order valence-corrected chi connectivity index (χ1v) is 8.28. The zero-order valence-corrected chi connectivity index (χ0v) is 15.4. The number of ether oxygens (including phenoxy) is 1. The molecule has 1 heterocycles. The Kier molecular flexibility index (Phi) is 5.46. The van der Waals surface area contributed by atoms with Crippen LogP contribution in [0.5, 0.6) is 5.75 Å². The Morgan fingerprint density at radius 1 is 1.56 bits per heavy atom. The van der Waals surface area contributed by atoms with Crippen molar-refractivity contribution in [3.8, 4) is 5.75 Å². The lowest BCUT2D eigenvalue weighted by molar-refractivity contribution is -0.117. The van der Waals surface area contributed by atoms with Crippen LogP contribution in [0.15, 0.2) is 6.07 Å². The second-order valence-corrected chi connectivity index (χ2v) is 7.47. The average Bonchev–Trinajstić information content (AvgIpc) is 2.50. The van der Waals surface area contributed by atoms with Gasteiger partial charge in [-0.15, -0.1) is 0 Å². The third-order valence-electron chi connectivity index (χ3n) is 3.93. The van der Waals surface area contributed by atoms with E-state index in [4.69, 9.17) is 16.3 Å². The number of amides is 2. The summed E-state index contributed by atoms with van der Waals surface area (Å²) >= 11 is 6.12. The lowest BCUT2D eigenvalue weighted by Gasteiger charge is -2.39. The monoisotopic (exact) mass is 372 g/mol. The van der Waals surface area contributed by atoms with Gasteiger partial charge in [0.2, 0.25) is 6.41 Å². The van der Waals surface area contributed by atoms with Crippen molar-refractivity contribution in [2.24, 2.45) is 0 Å². The van der Waals surface area contributed by atoms with Gasteiger partial charge < -0.3 is 14.7 Å². The lowest BCUT2D eigenvalue weighted by Crippen LogP contribution is -2.46. The third kappa shape index (κ3) is 4.15. The number of carbonyl (C=O) groups is 2. The van der Waals surface area contributed by atoms with Crippen LogP contribution in [-0.2, 0) is 16.0 Å². The number of phenols is 1. The van der Waals surface area contributed by atoms with Gasteiger partial charge in [-0.25, -0.2) is 9.18 Å². The fraction of sp³-hybridized carbons (Fsp3) is 0.529. The van der Waals surface area contributed by atoms with E-state index in [0.717, 1.165) is 6.07 Å². The minimum absolute atomic E-state index is 0.0725. The molecule has 6 nitrogen and oxygen atoms in total. The minimum Gasteiger partial charge on any atom is -0.505 e. The van der Waals surface area contributed by atoms with E-state index in [1.807, 2.05) is 0 Å². The highest BCUT2D eigenvalue weighted by Gasteiger charge is 2.37. The highest BCUT2D eigenvalue weighted by molar-refractivity contribution is 6.31. The Balaban J connectivity index is 2.50. The van der Waals surface area contributed by atoms with E-state index in [1.165, 1.54) is 16.8 Å². The fourth-order valence-electron chi connectivity index (χ4n) is 2.87. The summed E-state index contributed by atoms with van der Waals surface area (Å²) in [5.74, 6) is -1.43. The molecule has 1 aromatic carbocycles. The van der Waals surface area contributed by atoms with Crippen LogP contribution in [0.3, 0.4) is 0 Å². The molecule has 1 unspecified atom stereocenters. The van der Waals surface area contributed by atoms with Gasteiger partial charge in [0.1, 0.15) is 5.60 Å². The number of hydrogen-bond donors (Lipinski definition) is 1. The van der Waals surface area contributed by atoms with Crippen LogP contribution < -0.4 is 0 Å². The summed E-state index contributed by atoms with van der Waals surface area (Å²) in [7, 11) is 1.53. The van der Waals surface area contributed by atoms with E-state index in [-0.39, 0.29) is 23.7 Å². The van der Waals surface area contributed by atoms with Gasteiger partial charge >= 0.3 is 6.09 Å². The lowest BCUT2D eigenvalue weighted by atomic mass is 9.91. The van der Waals surface area contributed by atoms with Crippen LogP contribution in [0.4, 0.5) is 9.18 Å². The zero-order chi connectivity index (χ0) is 18.9. The van der Waals surface area contributed by atoms with Crippen LogP contribution in [-0.4, -0.2) is 53.1 Å². The Morgan fingerprint density at radius 3 is 2.76 bits per heavy atom. The van der Waals surface area contributed by atoms with Crippen molar-refractivity contribution >= 4 is 24.1 Å². The molecule has 0 bridgehead atoms. The SMILES string of the molecule is CN(C=O)CC1c2c(O)c(F)cc(Cl)c2CCN1C(=O)OC(C)(C)C. The zero-order valence-electron chi connectivity index (χ0n) is 14.7. The number of phenolic OH excluding ortho intramolecular Hbond substituents is 1. The van der Waals surface area contributed by atoms with Gasteiger partial charge in [0.15, 0.2) is 11.6 Å². The average molecular weight is 373 g/mol. The topological polar surface area (TPSA) is 70.1 Å². The Morgan fingerprint density at radius 2 is 2.20 bits per heavy atom. The number of likely N-dealkylation sites (N-methyl/N-ethyl adjacent to an activating group) is 1. The minimum atomic E-state index is -0.867. The van der Waals surface area contributed by atoms with Crippen LogP contribution in [0, 0.1) is 5.82 Å². The standard InChI is InChI=1S/C17H22ClFN2O4/c1-17(2,3)25-16(24)21-6-5-10-11(18)7-12(19)15(23)14(10)13(21)8-20(4)9-22/h7,9,13,23H,5-6,8H2,1-4H3. The molecule has 1 N–H and O–H groups in total. The highest BCUT2D eigenvalue weighted by Crippen LogP contribution is 2.41. The molecule has 0 spiro atoms. The number of nitrogens with zero attached hydrogens (tertiary/aromatic N) is 2. The van der Waals surface area contributed by atoms with E-state index in [0.29, 0.717) is 18.4 Å². The number of fused-ring (bicyclic) bond motifs is 1. The number of carbonyl (C=O) groups excluding carboxylic acids is 2. The fourth-order valence-corrected chi connectivity index (χ4v) is 3.16. The first-order chi connectivity index (χ1) is 11.5. The second kappa shape index (κ2) is 7.07. The maximum absolute atomic E-state index is 14.0. The summed E-state index contributed by atoms with van der Waals surface area (Å²) < 4.78 is 19.4. The molecule has 0 saturated heterocycles.